The summed E-state index contributed by atoms with van der Waals surface area (Å²) in [6.07, 6.45) is 23.3. The fraction of sp³-hybridized carbons (Fsp3) is 0.933. The summed E-state index contributed by atoms with van der Waals surface area (Å²) in [5.74, 6) is -3.23. The van der Waals surface area contributed by atoms with E-state index in [1.807, 2.05) is 0 Å². The van der Waals surface area contributed by atoms with Gasteiger partial charge in [-0.15, -0.1) is 0 Å². The van der Waals surface area contributed by atoms with E-state index in [0.29, 0.717) is 12.8 Å². The van der Waals surface area contributed by atoms with Gasteiger partial charge in [-0.2, -0.15) is 8.42 Å². The maximum Gasteiger partial charge on any atom is 0.325 e. The highest BCUT2D eigenvalue weighted by molar-refractivity contribution is 7.87. The number of carboxylic acid groups (broad SMARTS) is 2. The zero-order valence-corrected chi connectivity index (χ0v) is 25.2. The molecule has 0 aromatic carbocycles. The van der Waals surface area contributed by atoms with Crippen LogP contribution in [0.4, 0.5) is 0 Å². The van der Waals surface area contributed by atoms with E-state index in [0.717, 1.165) is 51.4 Å². The Morgan fingerprint density at radius 3 is 1.03 bits per heavy atom. The van der Waals surface area contributed by atoms with Crippen molar-refractivity contribution in [2.75, 3.05) is 0 Å². The number of aliphatic carboxylic acids is 2. The summed E-state index contributed by atoms with van der Waals surface area (Å²) in [4.78, 5) is 24.3. The molecule has 0 amide bonds. The van der Waals surface area contributed by atoms with Crippen molar-refractivity contribution in [1.29, 1.82) is 0 Å². The van der Waals surface area contributed by atoms with Crippen LogP contribution in [-0.4, -0.2) is 40.4 Å². The Morgan fingerprint density at radius 1 is 0.553 bits per heavy atom. The van der Waals surface area contributed by atoms with Crippen LogP contribution in [0.25, 0.3) is 0 Å². The SMILES string of the molecule is CCCCCCCCCCCCCC(CCCCCCCCCCCCC)(C(=O)O)C(C(=O)O)S(=O)(=O)O. The third-order valence-corrected chi connectivity index (χ3v) is 9.15. The molecule has 0 rings (SSSR count). The number of hydrogen-bond donors (Lipinski definition) is 3. The van der Waals surface area contributed by atoms with Crippen molar-refractivity contribution in [3.63, 3.8) is 0 Å². The molecule has 0 aromatic rings. The highest BCUT2D eigenvalue weighted by Gasteiger charge is 2.55. The lowest BCUT2D eigenvalue weighted by Crippen LogP contribution is -2.51. The Hall–Kier alpha value is -1.15. The zero-order chi connectivity index (χ0) is 28.7. The average Bonchev–Trinajstić information content (AvgIpc) is 2.84. The molecule has 0 heterocycles. The molecule has 0 radical (unpaired) electrons. The second kappa shape index (κ2) is 22.6. The molecule has 0 saturated heterocycles. The summed E-state index contributed by atoms with van der Waals surface area (Å²) in [5, 5.41) is 17.4. The summed E-state index contributed by atoms with van der Waals surface area (Å²) in [5.41, 5.74) is -2.02. The third kappa shape index (κ3) is 16.7. The van der Waals surface area contributed by atoms with Gasteiger partial charge in [-0.3, -0.25) is 14.1 Å². The molecule has 38 heavy (non-hydrogen) atoms. The second-order valence-electron chi connectivity index (χ2n) is 11.3. The van der Waals surface area contributed by atoms with Crippen LogP contribution in [0.15, 0.2) is 0 Å². The fourth-order valence-electron chi connectivity index (χ4n) is 5.57. The third-order valence-electron chi connectivity index (χ3n) is 7.90. The van der Waals surface area contributed by atoms with Gasteiger partial charge < -0.3 is 10.2 Å². The van der Waals surface area contributed by atoms with Gasteiger partial charge in [0.1, 0.15) is 0 Å². The molecule has 3 N–H and O–H groups in total. The summed E-state index contributed by atoms with van der Waals surface area (Å²) in [7, 11) is -5.08. The number of unbranched alkanes of at least 4 members (excludes halogenated alkanes) is 20. The van der Waals surface area contributed by atoms with Crippen molar-refractivity contribution in [3.05, 3.63) is 0 Å². The van der Waals surface area contributed by atoms with Crippen LogP contribution >= 0.6 is 0 Å². The lowest BCUT2D eigenvalue weighted by atomic mass is 9.74. The van der Waals surface area contributed by atoms with Crippen LogP contribution in [-0.2, 0) is 19.7 Å². The van der Waals surface area contributed by atoms with Crippen LogP contribution in [0.3, 0.4) is 0 Å². The Bertz CT molecular complexity index is 679. The minimum absolute atomic E-state index is 0.0616. The predicted octanol–water partition coefficient (Wildman–Crippen LogP) is 8.80. The van der Waals surface area contributed by atoms with Gasteiger partial charge in [0.05, 0.1) is 5.41 Å². The quantitative estimate of drug-likeness (QED) is 0.0641. The fourth-order valence-corrected chi connectivity index (χ4v) is 6.73. The molecule has 0 aliphatic rings. The monoisotopic (exact) mass is 562 g/mol. The highest BCUT2D eigenvalue weighted by Crippen LogP contribution is 2.39. The minimum atomic E-state index is -5.08. The van der Waals surface area contributed by atoms with E-state index >= 15 is 0 Å². The van der Waals surface area contributed by atoms with E-state index in [9.17, 15) is 32.8 Å². The highest BCUT2D eigenvalue weighted by atomic mass is 32.2. The first-order chi connectivity index (χ1) is 18.1. The number of rotatable bonds is 28. The molecule has 1 unspecified atom stereocenters. The van der Waals surface area contributed by atoms with Crippen molar-refractivity contribution in [2.45, 2.75) is 173 Å². The smallest absolute Gasteiger partial charge is 0.325 e. The topological polar surface area (TPSA) is 129 Å². The first-order valence-corrected chi connectivity index (χ1v) is 17.1. The standard InChI is InChI=1S/C30H58O7S/c1-3-5-7-9-11-13-15-17-19-21-23-25-30(29(33)34,27(28(31)32)38(35,36)37)26-24-22-20-18-16-14-12-10-8-6-4-2/h27H,3-26H2,1-2H3,(H,31,32)(H,33,34)(H,35,36,37). The number of hydrogen-bond acceptors (Lipinski definition) is 4. The Morgan fingerprint density at radius 2 is 0.816 bits per heavy atom. The van der Waals surface area contributed by atoms with Crippen LogP contribution in [0.2, 0.25) is 0 Å². The average molecular weight is 563 g/mol. The van der Waals surface area contributed by atoms with Gasteiger partial charge in [0.2, 0.25) is 0 Å². The molecule has 0 aliphatic carbocycles. The molecule has 0 bridgehead atoms. The van der Waals surface area contributed by atoms with E-state index in [1.165, 1.54) is 77.0 Å². The van der Waals surface area contributed by atoms with Crippen molar-refractivity contribution < 1.29 is 32.8 Å². The maximum absolute atomic E-state index is 12.4. The van der Waals surface area contributed by atoms with Crippen molar-refractivity contribution in [1.82, 2.24) is 0 Å². The first kappa shape index (κ1) is 36.8. The first-order valence-electron chi connectivity index (χ1n) is 15.6. The molecule has 0 aromatic heterocycles. The van der Waals surface area contributed by atoms with Gasteiger partial charge in [0.15, 0.2) is 5.25 Å². The number of carbonyl (C=O) groups is 2. The molecule has 0 saturated carbocycles. The van der Waals surface area contributed by atoms with Gasteiger partial charge >= 0.3 is 11.9 Å². The van der Waals surface area contributed by atoms with Crippen LogP contribution in [0.5, 0.6) is 0 Å². The van der Waals surface area contributed by atoms with Gasteiger partial charge in [-0.05, 0) is 12.8 Å². The lowest BCUT2D eigenvalue weighted by Gasteiger charge is -2.33. The van der Waals surface area contributed by atoms with Crippen molar-refractivity contribution >= 4 is 22.1 Å². The van der Waals surface area contributed by atoms with Crippen molar-refractivity contribution in [3.8, 4) is 0 Å². The molecule has 7 nitrogen and oxygen atoms in total. The molecular weight excluding hydrogens is 504 g/mol. The lowest BCUT2D eigenvalue weighted by molar-refractivity contribution is -0.156. The minimum Gasteiger partial charge on any atom is -0.481 e. The molecule has 8 heteroatoms. The number of carboxylic acids is 2. The predicted molar refractivity (Wildman–Crippen MR) is 155 cm³/mol. The maximum atomic E-state index is 12.4. The molecule has 0 aliphatic heterocycles. The Balaban J connectivity index is 4.74. The molecular formula is C30H58O7S. The molecule has 226 valence electrons. The summed E-state index contributed by atoms with van der Waals surface area (Å²) in [6.45, 7) is 4.40. The summed E-state index contributed by atoms with van der Waals surface area (Å²) < 4.78 is 33.8. The van der Waals surface area contributed by atoms with Gasteiger partial charge in [-0.1, -0.05) is 155 Å². The van der Waals surface area contributed by atoms with Gasteiger partial charge in [0.25, 0.3) is 10.1 Å². The van der Waals surface area contributed by atoms with Crippen molar-refractivity contribution in [2.24, 2.45) is 5.41 Å². The Kier molecular flexibility index (Phi) is 22.0. The largest absolute Gasteiger partial charge is 0.481 e. The van der Waals surface area contributed by atoms with Gasteiger partial charge in [-0.25, -0.2) is 0 Å². The molecule has 0 fully saturated rings. The van der Waals surface area contributed by atoms with E-state index in [4.69, 9.17) is 0 Å². The van der Waals surface area contributed by atoms with Crippen LogP contribution < -0.4 is 0 Å². The zero-order valence-electron chi connectivity index (χ0n) is 24.4. The van der Waals surface area contributed by atoms with Crippen LogP contribution in [0, 0.1) is 5.41 Å². The van der Waals surface area contributed by atoms with Gasteiger partial charge in [0, 0.05) is 0 Å². The van der Waals surface area contributed by atoms with Crippen LogP contribution in [0.1, 0.15) is 168 Å². The Labute approximate surface area is 233 Å². The normalized spacial score (nSPS) is 13.0. The second-order valence-corrected chi connectivity index (χ2v) is 12.8. The van der Waals surface area contributed by atoms with E-state index in [1.54, 1.807) is 0 Å². The van der Waals surface area contributed by atoms with E-state index in [2.05, 4.69) is 13.8 Å². The van der Waals surface area contributed by atoms with E-state index in [-0.39, 0.29) is 12.8 Å². The molecule has 0 spiro atoms. The molecule has 1 atom stereocenters. The van der Waals surface area contributed by atoms with E-state index < -0.39 is 32.7 Å². The summed E-state index contributed by atoms with van der Waals surface area (Å²) >= 11 is 0. The summed E-state index contributed by atoms with van der Waals surface area (Å²) in [6, 6.07) is 0.